The molecular weight excluding hydrogens is 170 g/mol. The van der Waals surface area contributed by atoms with Gasteiger partial charge < -0.3 is 5.73 Å². The van der Waals surface area contributed by atoms with Crippen LogP contribution in [-0.2, 0) is 12.8 Å². The first-order valence-electron chi connectivity index (χ1n) is 4.78. The van der Waals surface area contributed by atoms with Gasteiger partial charge in [0.2, 0.25) is 0 Å². The molecule has 1 nitrogen and oxygen atoms in total. The van der Waals surface area contributed by atoms with Crippen LogP contribution in [0.3, 0.4) is 0 Å². The van der Waals surface area contributed by atoms with Gasteiger partial charge in [-0.2, -0.15) is 0 Å². The lowest BCUT2D eigenvalue weighted by molar-refractivity contribution is 1.14. The summed E-state index contributed by atoms with van der Waals surface area (Å²) in [5.41, 5.74) is 10.5. The summed E-state index contributed by atoms with van der Waals surface area (Å²) in [4.78, 5) is 0. The summed E-state index contributed by atoms with van der Waals surface area (Å²) >= 11 is 0. The molecule has 0 heterocycles. The zero-order valence-corrected chi connectivity index (χ0v) is 8.72. The zero-order valence-electron chi connectivity index (χ0n) is 8.72. The Morgan fingerprint density at radius 1 is 1.14 bits per heavy atom. The summed E-state index contributed by atoms with van der Waals surface area (Å²) in [7, 11) is 0. The molecule has 14 heavy (non-hydrogen) atoms. The molecule has 0 aromatic heterocycles. The highest BCUT2D eigenvalue weighted by molar-refractivity contribution is 5.50. The Labute approximate surface area is 85.9 Å². The number of nitrogens with two attached hydrogens (primary N) is 1. The van der Waals surface area contributed by atoms with Crippen LogP contribution in [0, 0.1) is 6.92 Å². The second-order valence-corrected chi connectivity index (χ2v) is 3.45. The summed E-state index contributed by atoms with van der Waals surface area (Å²) in [5, 5.41) is 0. The van der Waals surface area contributed by atoms with E-state index < -0.39 is 0 Å². The fourth-order valence-corrected chi connectivity index (χ4v) is 1.60. The van der Waals surface area contributed by atoms with Crippen LogP contribution < -0.4 is 5.73 Å². The molecule has 0 saturated carbocycles. The van der Waals surface area contributed by atoms with Crippen LogP contribution in [0.15, 0.2) is 37.4 Å². The van der Waals surface area contributed by atoms with Crippen molar-refractivity contribution in [2.75, 3.05) is 5.73 Å². The first-order valence-corrected chi connectivity index (χ1v) is 4.78. The third kappa shape index (κ3) is 2.25. The number of benzene rings is 1. The average molecular weight is 187 g/mol. The first kappa shape index (κ1) is 10.6. The predicted molar refractivity (Wildman–Crippen MR) is 63.4 cm³/mol. The lowest BCUT2D eigenvalue weighted by Gasteiger charge is -2.10. The Morgan fingerprint density at radius 3 is 1.93 bits per heavy atom. The Balaban J connectivity index is 3.16. The van der Waals surface area contributed by atoms with Crippen LogP contribution in [-0.4, -0.2) is 0 Å². The summed E-state index contributed by atoms with van der Waals surface area (Å²) in [6.45, 7) is 9.60. The summed E-state index contributed by atoms with van der Waals surface area (Å²) in [5.74, 6) is 0. The molecule has 1 aromatic rings. The summed E-state index contributed by atoms with van der Waals surface area (Å²) in [6, 6.07) is 4.03. The highest BCUT2D eigenvalue weighted by Gasteiger charge is 2.03. The minimum absolute atomic E-state index is 0.823. The van der Waals surface area contributed by atoms with E-state index in [9.17, 15) is 0 Å². The van der Waals surface area contributed by atoms with E-state index in [1.54, 1.807) is 0 Å². The van der Waals surface area contributed by atoms with Crippen molar-refractivity contribution >= 4 is 5.69 Å². The number of nitrogen functional groups attached to an aromatic ring is 1. The highest BCUT2D eigenvalue weighted by atomic mass is 14.5. The minimum Gasteiger partial charge on any atom is -0.399 e. The average Bonchev–Trinajstić information content (AvgIpc) is 2.14. The molecule has 0 aliphatic carbocycles. The molecule has 0 saturated heterocycles. The van der Waals surface area contributed by atoms with E-state index in [0.717, 1.165) is 18.5 Å². The fraction of sp³-hybridized carbons (Fsp3) is 0.231. The number of hydrogen-bond donors (Lipinski definition) is 1. The molecule has 0 aliphatic heterocycles. The smallest absolute Gasteiger partial charge is 0.0319 e. The molecule has 1 rings (SSSR count). The van der Waals surface area contributed by atoms with Crippen LogP contribution in [0.4, 0.5) is 5.69 Å². The lowest BCUT2D eigenvalue weighted by atomic mass is 9.97. The maximum absolute atomic E-state index is 5.82. The van der Waals surface area contributed by atoms with Gasteiger partial charge in [-0.15, -0.1) is 13.2 Å². The molecule has 1 aromatic carbocycles. The maximum atomic E-state index is 5.82. The molecule has 0 unspecified atom stereocenters. The molecule has 74 valence electrons. The number of rotatable bonds is 4. The third-order valence-electron chi connectivity index (χ3n) is 2.37. The van der Waals surface area contributed by atoms with Gasteiger partial charge in [-0.05, 0) is 48.6 Å². The molecule has 2 N–H and O–H groups in total. The SMILES string of the molecule is C=CCc1cc(N)cc(CC=C)c1C. The van der Waals surface area contributed by atoms with Gasteiger partial charge in [0.1, 0.15) is 0 Å². The van der Waals surface area contributed by atoms with Gasteiger partial charge in [-0.25, -0.2) is 0 Å². The van der Waals surface area contributed by atoms with Gasteiger partial charge in [0.15, 0.2) is 0 Å². The molecule has 0 fully saturated rings. The number of hydrogen-bond acceptors (Lipinski definition) is 1. The predicted octanol–water partition coefficient (Wildman–Crippen LogP) is 3.03. The Hall–Kier alpha value is -1.50. The Morgan fingerprint density at radius 2 is 1.57 bits per heavy atom. The molecular formula is C13H17N. The highest BCUT2D eigenvalue weighted by Crippen LogP contribution is 2.20. The lowest BCUT2D eigenvalue weighted by Crippen LogP contribution is -1.97. The van der Waals surface area contributed by atoms with Crippen molar-refractivity contribution in [3.05, 3.63) is 54.1 Å². The van der Waals surface area contributed by atoms with E-state index in [1.165, 1.54) is 16.7 Å². The van der Waals surface area contributed by atoms with Crippen molar-refractivity contribution in [1.29, 1.82) is 0 Å². The summed E-state index contributed by atoms with van der Waals surface area (Å²) in [6.07, 6.45) is 5.56. The van der Waals surface area contributed by atoms with E-state index in [2.05, 4.69) is 20.1 Å². The molecule has 0 aliphatic rings. The fourth-order valence-electron chi connectivity index (χ4n) is 1.60. The van der Waals surface area contributed by atoms with E-state index in [-0.39, 0.29) is 0 Å². The number of allylic oxidation sites excluding steroid dienone is 2. The normalized spacial score (nSPS) is 9.79. The Kier molecular flexibility index (Phi) is 3.52. The zero-order chi connectivity index (χ0) is 10.6. The van der Waals surface area contributed by atoms with Crippen molar-refractivity contribution < 1.29 is 0 Å². The summed E-state index contributed by atoms with van der Waals surface area (Å²) < 4.78 is 0. The van der Waals surface area contributed by atoms with E-state index in [1.807, 2.05) is 24.3 Å². The monoisotopic (exact) mass is 187 g/mol. The topological polar surface area (TPSA) is 26.0 Å². The van der Waals surface area contributed by atoms with Gasteiger partial charge >= 0.3 is 0 Å². The van der Waals surface area contributed by atoms with Crippen molar-refractivity contribution in [2.45, 2.75) is 19.8 Å². The van der Waals surface area contributed by atoms with Crippen LogP contribution >= 0.6 is 0 Å². The van der Waals surface area contributed by atoms with Crippen molar-refractivity contribution in [3.63, 3.8) is 0 Å². The maximum Gasteiger partial charge on any atom is 0.0319 e. The van der Waals surface area contributed by atoms with Crippen LogP contribution in [0.5, 0.6) is 0 Å². The second-order valence-electron chi connectivity index (χ2n) is 3.45. The van der Waals surface area contributed by atoms with Crippen molar-refractivity contribution in [2.24, 2.45) is 0 Å². The van der Waals surface area contributed by atoms with Crippen LogP contribution in [0.25, 0.3) is 0 Å². The van der Waals surface area contributed by atoms with E-state index in [0.29, 0.717) is 0 Å². The number of anilines is 1. The van der Waals surface area contributed by atoms with E-state index >= 15 is 0 Å². The largest absolute Gasteiger partial charge is 0.399 e. The minimum atomic E-state index is 0.823. The third-order valence-corrected chi connectivity index (χ3v) is 2.37. The molecule has 0 spiro atoms. The molecule has 0 radical (unpaired) electrons. The van der Waals surface area contributed by atoms with Gasteiger partial charge in [0.05, 0.1) is 0 Å². The van der Waals surface area contributed by atoms with Gasteiger partial charge in [-0.3, -0.25) is 0 Å². The quantitative estimate of drug-likeness (QED) is 0.569. The second kappa shape index (κ2) is 4.66. The Bertz CT molecular complexity index is 319. The van der Waals surface area contributed by atoms with E-state index in [4.69, 9.17) is 5.73 Å². The van der Waals surface area contributed by atoms with Crippen molar-refractivity contribution in [1.82, 2.24) is 0 Å². The van der Waals surface area contributed by atoms with Gasteiger partial charge in [0.25, 0.3) is 0 Å². The molecule has 0 atom stereocenters. The van der Waals surface area contributed by atoms with Crippen LogP contribution in [0.2, 0.25) is 0 Å². The van der Waals surface area contributed by atoms with Crippen molar-refractivity contribution in [3.8, 4) is 0 Å². The molecule has 0 amide bonds. The molecule has 1 heteroatoms. The molecule has 0 bridgehead atoms. The first-order chi connectivity index (χ1) is 6.69. The standard InChI is InChI=1S/C13H17N/c1-4-6-11-8-13(14)9-12(7-5-2)10(11)3/h4-5,8-9H,1-2,6-7,14H2,3H3. The van der Waals surface area contributed by atoms with Crippen LogP contribution in [0.1, 0.15) is 16.7 Å². The van der Waals surface area contributed by atoms with Gasteiger partial charge in [0, 0.05) is 5.69 Å². The van der Waals surface area contributed by atoms with Gasteiger partial charge in [-0.1, -0.05) is 12.2 Å².